The topological polar surface area (TPSA) is 28.2 Å². The summed E-state index contributed by atoms with van der Waals surface area (Å²) in [6.07, 6.45) is 0. The zero-order valence-corrected chi connectivity index (χ0v) is 10.2. The van der Waals surface area contributed by atoms with Crippen molar-refractivity contribution in [3.8, 4) is 0 Å². The highest BCUT2D eigenvalue weighted by atomic mass is 31.1. The fourth-order valence-corrected chi connectivity index (χ4v) is 1.93. The molecule has 3 heteroatoms. The summed E-state index contributed by atoms with van der Waals surface area (Å²) in [4.78, 5) is 0. The summed E-state index contributed by atoms with van der Waals surface area (Å²) >= 11 is 0. The van der Waals surface area contributed by atoms with Crippen LogP contribution < -0.4 is 10.9 Å². The van der Waals surface area contributed by atoms with Crippen molar-refractivity contribution < 1.29 is 0 Å². The van der Waals surface area contributed by atoms with E-state index in [0.29, 0.717) is 0 Å². The van der Waals surface area contributed by atoms with Crippen molar-refractivity contribution in [1.82, 2.24) is 10.9 Å². The second kappa shape index (κ2) is 3.49. The van der Waals surface area contributed by atoms with Gasteiger partial charge in [-0.05, 0) is 19.4 Å². The standard InChI is InChI=1S/C10H18N2P/c1-9(2,3)7-11-12-8(13-7)10(4,5)6/h1-6H3. The zero-order chi connectivity index (χ0) is 10.3. The van der Waals surface area contributed by atoms with Gasteiger partial charge in [0.15, 0.2) is 0 Å². The van der Waals surface area contributed by atoms with Crippen LogP contribution in [0.15, 0.2) is 0 Å². The molecule has 0 spiro atoms. The van der Waals surface area contributed by atoms with Crippen molar-refractivity contribution in [2.45, 2.75) is 41.5 Å². The van der Waals surface area contributed by atoms with Gasteiger partial charge in [0.05, 0.1) is 0 Å². The summed E-state index contributed by atoms with van der Waals surface area (Å²) in [5.41, 5.74) is 8.80. The molecule has 0 saturated carbocycles. The highest BCUT2D eigenvalue weighted by molar-refractivity contribution is 7.45. The molecule has 2 nitrogen and oxygen atoms in total. The maximum absolute atomic E-state index is 4.25. The molecule has 1 aliphatic heterocycles. The SMILES string of the molecule is CC(C)(C)[C]1[N][N][C](C(C)(C)C)[P]1. The van der Waals surface area contributed by atoms with Gasteiger partial charge >= 0.3 is 0 Å². The second-order valence-corrected chi connectivity index (χ2v) is 6.53. The first-order valence-electron chi connectivity index (χ1n) is 4.59. The van der Waals surface area contributed by atoms with Crippen LogP contribution in [0.1, 0.15) is 41.5 Å². The highest BCUT2D eigenvalue weighted by Gasteiger charge is 2.42. The van der Waals surface area contributed by atoms with Crippen molar-refractivity contribution >= 4 is 8.58 Å². The fraction of sp³-hybridized carbons (Fsp3) is 0.800. The molecule has 0 atom stereocenters. The van der Waals surface area contributed by atoms with Gasteiger partial charge in [-0.2, -0.15) is 0 Å². The van der Waals surface area contributed by atoms with Gasteiger partial charge in [-0.1, -0.05) is 41.5 Å². The Labute approximate surface area is 84.0 Å². The van der Waals surface area contributed by atoms with Gasteiger partial charge in [-0.3, -0.25) is 0 Å². The lowest BCUT2D eigenvalue weighted by Crippen LogP contribution is -2.24. The van der Waals surface area contributed by atoms with Crippen LogP contribution in [0.2, 0.25) is 0 Å². The molecule has 0 aromatic carbocycles. The first-order chi connectivity index (χ1) is 5.71. The largest absolute Gasteiger partial charge is 0.129 e. The van der Waals surface area contributed by atoms with E-state index in [4.69, 9.17) is 0 Å². The van der Waals surface area contributed by atoms with Gasteiger partial charge in [0.25, 0.3) is 0 Å². The monoisotopic (exact) mass is 197 g/mol. The molecule has 0 amide bonds. The van der Waals surface area contributed by atoms with E-state index < -0.39 is 0 Å². The number of nitrogens with zero attached hydrogens (tertiary/aromatic N) is 2. The third-order valence-corrected chi connectivity index (χ3v) is 3.74. The molecule has 0 aromatic rings. The first-order valence-corrected chi connectivity index (χ1v) is 5.49. The van der Waals surface area contributed by atoms with Crippen molar-refractivity contribution in [3.05, 3.63) is 11.6 Å². The molecule has 13 heavy (non-hydrogen) atoms. The predicted molar refractivity (Wildman–Crippen MR) is 56.6 cm³/mol. The average molecular weight is 197 g/mol. The summed E-state index contributed by atoms with van der Waals surface area (Å²) in [7, 11) is 1.21. The molecule has 73 valence electrons. The molecule has 1 rings (SSSR count). The highest BCUT2D eigenvalue weighted by Crippen LogP contribution is 2.55. The van der Waals surface area contributed by atoms with Crippen LogP contribution in [0.25, 0.3) is 0 Å². The van der Waals surface area contributed by atoms with E-state index in [1.54, 1.807) is 0 Å². The fourth-order valence-electron chi connectivity index (χ4n) is 0.875. The van der Waals surface area contributed by atoms with Crippen molar-refractivity contribution in [2.75, 3.05) is 0 Å². The summed E-state index contributed by atoms with van der Waals surface area (Å²) in [5, 5.41) is 0. The zero-order valence-electron chi connectivity index (χ0n) is 9.34. The van der Waals surface area contributed by atoms with E-state index in [-0.39, 0.29) is 10.8 Å². The Balaban J connectivity index is 2.55. The molecule has 0 unspecified atom stereocenters. The van der Waals surface area contributed by atoms with E-state index in [0.717, 1.165) is 0 Å². The lowest BCUT2D eigenvalue weighted by Gasteiger charge is -2.25. The van der Waals surface area contributed by atoms with Gasteiger partial charge in [0, 0.05) is 0 Å². The molecule has 5 radical (unpaired) electrons. The molecule has 1 heterocycles. The van der Waals surface area contributed by atoms with Gasteiger partial charge < -0.3 is 0 Å². The van der Waals surface area contributed by atoms with E-state index >= 15 is 0 Å². The maximum Gasteiger partial charge on any atom is 0.110 e. The Kier molecular flexibility index (Phi) is 3.07. The molecular formula is C10H18N2P. The Bertz CT molecular complexity index is 158. The van der Waals surface area contributed by atoms with Crippen LogP contribution in [-0.4, -0.2) is 0 Å². The van der Waals surface area contributed by atoms with Crippen LogP contribution in [0.3, 0.4) is 0 Å². The first kappa shape index (κ1) is 11.4. The van der Waals surface area contributed by atoms with Gasteiger partial charge in [-0.25, -0.2) is 0 Å². The third-order valence-electron chi connectivity index (χ3n) is 1.79. The molecule has 1 fully saturated rings. The van der Waals surface area contributed by atoms with Crippen LogP contribution in [0, 0.1) is 22.4 Å². The molecule has 0 aromatic heterocycles. The summed E-state index contributed by atoms with van der Waals surface area (Å²) in [5.74, 6) is 2.36. The maximum atomic E-state index is 4.25. The van der Waals surface area contributed by atoms with Crippen LogP contribution in [0.5, 0.6) is 0 Å². The third kappa shape index (κ3) is 2.90. The number of hydrogen-bond donors (Lipinski definition) is 0. The molecular weight excluding hydrogens is 179 g/mol. The van der Waals surface area contributed by atoms with Crippen molar-refractivity contribution in [3.63, 3.8) is 0 Å². The lowest BCUT2D eigenvalue weighted by molar-refractivity contribution is 0.377. The Hall–Kier alpha value is 0.350. The van der Waals surface area contributed by atoms with E-state index in [2.05, 4.69) is 52.4 Å². The Morgan fingerprint density at radius 1 is 0.769 bits per heavy atom. The number of rotatable bonds is 0. The second-order valence-electron chi connectivity index (χ2n) is 5.46. The molecule has 0 bridgehead atoms. The summed E-state index contributed by atoms with van der Waals surface area (Å²) < 4.78 is 0. The molecule has 1 aliphatic rings. The van der Waals surface area contributed by atoms with Crippen LogP contribution in [-0.2, 0) is 0 Å². The van der Waals surface area contributed by atoms with Gasteiger partial charge in [0.2, 0.25) is 0 Å². The van der Waals surface area contributed by atoms with Crippen LogP contribution in [0.4, 0.5) is 0 Å². The summed E-state index contributed by atoms with van der Waals surface area (Å²) in [6, 6.07) is 0. The Morgan fingerprint density at radius 3 is 1.23 bits per heavy atom. The minimum Gasteiger partial charge on any atom is -0.129 e. The molecule has 0 N–H and O–H groups in total. The minimum absolute atomic E-state index is 0.151. The average Bonchev–Trinajstić information content (AvgIpc) is 2.28. The van der Waals surface area contributed by atoms with Gasteiger partial charge in [-0.15, -0.1) is 10.9 Å². The van der Waals surface area contributed by atoms with E-state index in [9.17, 15) is 0 Å². The quantitative estimate of drug-likeness (QED) is 0.534. The molecule has 0 aliphatic carbocycles. The summed E-state index contributed by atoms with van der Waals surface area (Å²) in [6.45, 7) is 13.1. The normalized spacial score (nSPS) is 22.6. The smallest absolute Gasteiger partial charge is 0.110 e. The van der Waals surface area contributed by atoms with Crippen molar-refractivity contribution in [2.24, 2.45) is 10.8 Å². The minimum atomic E-state index is 0.151. The van der Waals surface area contributed by atoms with Crippen LogP contribution >= 0.6 is 8.58 Å². The van der Waals surface area contributed by atoms with Crippen molar-refractivity contribution in [1.29, 1.82) is 0 Å². The van der Waals surface area contributed by atoms with E-state index in [1.807, 2.05) is 0 Å². The van der Waals surface area contributed by atoms with Gasteiger partial charge in [0.1, 0.15) is 11.6 Å². The lowest BCUT2D eigenvalue weighted by atomic mass is 9.96. The number of hydrogen-bond acceptors (Lipinski definition) is 0. The predicted octanol–water partition coefficient (Wildman–Crippen LogP) is 3.14. The Morgan fingerprint density at radius 2 is 1.08 bits per heavy atom. The van der Waals surface area contributed by atoms with E-state index in [1.165, 1.54) is 20.1 Å². The molecule has 1 saturated heterocycles.